The normalized spacial score (nSPS) is 10.8. The molecule has 124 valence electrons. The Morgan fingerprint density at radius 3 is 2.75 bits per heavy atom. The number of rotatable bonds is 6. The van der Waals surface area contributed by atoms with Crippen molar-refractivity contribution in [3.8, 4) is 11.4 Å². The first-order valence-electron chi connectivity index (χ1n) is 7.33. The number of tetrazole rings is 1. The second-order valence-corrected chi connectivity index (χ2v) is 6.91. The SMILES string of the molecule is CSc1ccc(CN(C)C(=O)Cn2nnc(-c3ccsc3)n2)cc1. The van der Waals surface area contributed by atoms with Crippen molar-refractivity contribution in [1.29, 1.82) is 0 Å². The molecule has 3 aromatic rings. The Balaban J connectivity index is 1.59. The Morgan fingerprint density at radius 2 is 2.08 bits per heavy atom. The smallest absolute Gasteiger partial charge is 0.246 e. The highest BCUT2D eigenvalue weighted by atomic mass is 32.2. The molecule has 0 saturated carbocycles. The molecule has 0 N–H and O–H groups in total. The third-order valence-corrected chi connectivity index (χ3v) is 4.94. The minimum atomic E-state index is -0.0572. The van der Waals surface area contributed by atoms with Crippen LogP contribution in [0.25, 0.3) is 11.4 Å². The van der Waals surface area contributed by atoms with Crippen LogP contribution in [0, 0.1) is 0 Å². The Morgan fingerprint density at radius 1 is 1.29 bits per heavy atom. The largest absolute Gasteiger partial charge is 0.340 e. The summed E-state index contributed by atoms with van der Waals surface area (Å²) in [7, 11) is 1.78. The third-order valence-electron chi connectivity index (χ3n) is 3.51. The highest BCUT2D eigenvalue weighted by Gasteiger charge is 2.13. The molecule has 0 aliphatic carbocycles. The summed E-state index contributed by atoms with van der Waals surface area (Å²) in [6.45, 7) is 0.635. The highest BCUT2D eigenvalue weighted by molar-refractivity contribution is 7.98. The molecule has 2 aromatic heterocycles. The Labute approximate surface area is 148 Å². The van der Waals surface area contributed by atoms with Crippen LogP contribution in [0.1, 0.15) is 5.56 Å². The lowest BCUT2D eigenvalue weighted by Crippen LogP contribution is -2.30. The van der Waals surface area contributed by atoms with E-state index >= 15 is 0 Å². The van der Waals surface area contributed by atoms with Gasteiger partial charge in [-0.1, -0.05) is 12.1 Å². The van der Waals surface area contributed by atoms with Crippen LogP contribution in [0.3, 0.4) is 0 Å². The number of benzene rings is 1. The summed E-state index contributed by atoms with van der Waals surface area (Å²) in [6.07, 6.45) is 2.04. The summed E-state index contributed by atoms with van der Waals surface area (Å²) in [5.41, 5.74) is 2.01. The lowest BCUT2D eigenvalue weighted by atomic mass is 10.2. The number of hydrogen-bond donors (Lipinski definition) is 0. The molecule has 0 spiro atoms. The number of thioether (sulfide) groups is 1. The Kier molecular flexibility index (Phi) is 5.27. The van der Waals surface area contributed by atoms with Crippen molar-refractivity contribution in [2.75, 3.05) is 13.3 Å². The van der Waals surface area contributed by atoms with E-state index < -0.39 is 0 Å². The molecule has 0 aliphatic rings. The van der Waals surface area contributed by atoms with E-state index in [1.54, 1.807) is 35.0 Å². The van der Waals surface area contributed by atoms with Crippen molar-refractivity contribution in [3.05, 3.63) is 46.7 Å². The van der Waals surface area contributed by atoms with Crippen molar-refractivity contribution in [3.63, 3.8) is 0 Å². The van der Waals surface area contributed by atoms with Gasteiger partial charge in [0.1, 0.15) is 6.54 Å². The standard InChI is InChI=1S/C16H17N5OS2/c1-20(9-12-3-5-14(23-2)6-4-12)15(22)10-21-18-16(17-19-21)13-7-8-24-11-13/h3-8,11H,9-10H2,1-2H3. The number of aromatic nitrogens is 4. The zero-order chi connectivity index (χ0) is 16.9. The van der Waals surface area contributed by atoms with Gasteiger partial charge < -0.3 is 4.90 Å². The van der Waals surface area contributed by atoms with E-state index in [-0.39, 0.29) is 12.5 Å². The average Bonchev–Trinajstić information content (AvgIpc) is 3.26. The fourth-order valence-electron chi connectivity index (χ4n) is 2.15. The molecule has 1 aromatic carbocycles. The lowest BCUT2D eigenvalue weighted by Gasteiger charge is -2.16. The van der Waals surface area contributed by atoms with Crippen LogP contribution in [-0.2, 0) is 17.9 Å². The zero-order valence-electron chi connectivity index (χ0n) is 13.4. The molecule has 8 heteroatoms. The molecule has 0 radical (unpaired) electrons. The van der Waals surface area contributed by atoms with Crippen LogP contribution in [0.15, 0.2) is 46.0 Å². The molecular weight excluding hydrogens is 342 g/mol. The van der Waals surface area contributed by atoms with Crippen molar-refractivity contribution in [2.45, 2.75) is 18.0 Å². The number of carbonyl (C=O) groups is 1. The van der Waals surface area contributed by atoms with Crippen LogP contribution >= 0.6 is 23.1 Å². The minimum Gasteiger partial charge on any atom is -0.340 e. The van der Waals surface area contributed by atoms with E-state index in [2.05, 4.69) is 27.5 Å². The van der Waals surface area contributed by atoms with E-state index in [1.807, 2.05) is 35.2 Å². The van der Waals surface area contributed by atoms with E-state index in [0.717, 1.165) is 11.1 Å². The van der Waals surface area contributed by atoms with Gasteiger partial charge in [0.2, 0.25) is 11.7 Å². The van der Waals surface area contributed by atoms with Gasteiger partial charge >= 0.3 is 0 Å². The monoisotopic (exact) mass is 359 g/mol. The third kappa shape index (κ3) is 4.01. The van der Waals surface area contributed by atoms with Crippen LogP contribution in [-0.4, -0.2) is 44.3 Å². The molecule has 3 rings (SSSR count). The summed E-state index contributed by atoms with van der Waals surface area (Å²) in [6, 6.07) is 10.1. The summed E-state index contributed by atoms with van der Waals surface area (Å²) in [4.78, 5) is 16.5. The van der Waals surface area contributed by atoms with Gasteiger partial charge in [-0.3, -0.25) is 4.79 Å². The maximum Gasteiger partial charge on any atom is 0.246 e. The number of nitrogens with zero attached hydrogens (tertiary/aromatic N) is 5. The van der Waals surface area contributed by atoms with Gasteiger partial charge in [-0.25, -0.2) is 0 Å². The molecule has 0 saturated heterocycles. The summed E-state index contributed by atoms with van der Waals surface area (Å²) >= 11 is 3.27. The van der Waals surface area contributed by atoms with Gasteiger partial charge in [-0.2, -0.15) is 16.1 Å². The predicted molar refractivity (Wildman–Crippen MR) is 95.8 cm³/mol. The van der Waals surface area contributed by atoms with Gasteiger partial charge in [0, 0.05) is 29.4 Å². The molecule has 6 nitrogen and oxygen atoms in total. The Hall–Kier alpha value is -2.19. The Bertz CT molecular complexity index is 798. The molecule has 1 amide bonds. The second kappa shape index (κ2) is 7.59. The zero-order valence-corrected chi connectivity index (χ0v) is 15.0. The summed E-state index contributed by atoms with van der Waals surface area (Å²) < 4.78 is 0. The molecule has 24 heavy (non-hydrogen) atoms. The first-order chi connectivity index (χ1) is 11.7. The van der Waals surface area contributed by atoms with Crippen molar-refractivity contribution >= 4 is 29.0 Å². The molecular formula is C16H17N5OS2. The van der Waals surface area contributed by atoms with Gasteiger partial charge in [-0.15, -0.1) is 22.0 Å². The average molecular weight is 359 g/mol. The first kappa shape index (κ1) is 16.7. The van der Waals surface area contributed by atoms with Crippen LogP contribution < -0.4 is 0 Å². The number of carbonyl (C=O) groups excluding carboxylic acids is 1. The number of hydrogen-bond acceptors (Lipinski definition) is 6. The fourth-order valence-corrected chi connectivity index (χ4v) is 3.19. The second-order valence-electron chi connectivity index (χ2n) is 5.25. The molecule has 0 aliphatic heterocycles. The molecule has 0 unspecified atom stereocenters. The van der Waals surface area contributed by atoms with Crippen molar-refractivity contribution < 1.29 is 4.79 Å². The van der Waals surface area contributed by atoms with Crippen LogP contribution in [0.2, 0.25) is 0 Å². The maximum absolute atomic E-state index is 12.3. The predicted octanol–water partition coefficient (Wildman–Crippen LogP) is 2.78. The summed E-state index contributed by atoms with van der Waals surface area (Å²) in [5, 5.41) is 16.1. The van der Waals surface area contributed by atoms with Crippen molar-refractivity contribution in [2.24, 2.45) is 0 Å². The van der Waals surface area contributed by atoms with Gasteiger partial charge in [0.15, 0.2) is 0 Å². The first-order valence-corrected chi connectivity index (χ1v) is 9.50. The topological polar surface area (TPSA) is 63.9 Å². The quantitative estimate of drug-likeness (QED) is 0.633. The molecule has 0 bridgehead atoms. The van der Waals surface area contributed by atoms with Crippen LogP contribution in [0.5, 0.6) is 0 Å². The van der Waals surface area contributed by atoms with Crippen LogP contribution in [0.4, 0.5) is 0 Å². The van der Waals surface area contributed by atoms with Gasteiger partial charge in [0.25, 0.3) is 0 Å². The fraction of sp³-hybridized carbons (Fsp3) is 0.250. The number of amides is 1. The molecule has 0 atom stereocenters. The molecule has 0 fully saturated rings. The number of likely N-dealkylation sites (N-methyl/N-ethyl adjacent to an activating group) is 1. The van der Waals surface area contributed by atoms with E-state index in [0.29, 0.717) is 12.4 Å². The summed E-state index contributed by atoms with van der Waals surface area (Å²) in [5.74, 6) is 0.484. The lowest BCUT2D eigenvalue weighted by molar-refractivity contribution is -0.131. The highest BCUT2D eigenvalue weighted by Crippen LogP contribution is 2.17. The number of thiophene rings is 1. The van der Waals surface area contributed by atoms with E-state index in [4.69, 9.17) is 0 Å². The van der Waals surface area contributed by atoms with Gasteiger partial charge in [-0.05, 0) is 40.6 Å². The van der Waals surface area contributed by atoms with E-state index in [1.165, 1.54) is 9.69 Å². The van der Waals surface area contributed by atoms with Gasteiger partial charge in [0.05, 0.1) is 0 Å². The van der Waals surface area contributed by atoms with E-state index in [9.17, 15) is 4.79 Å². The molecule has 2 heterocycles. The minimum absolute atomic E-state index is 0.0572. The maximum atomic E-state index is 12.3. The van der Waals surface area contributed by atoms with Crippen molar-refractivity contribution in [1.82, 2.24) is 25.1 Å².